The van der Waals surface area contributed by atoms with Gasteiger partial charge in [0.2, 0.25) is 0 Å². The molecule has 20 heavy (non-hydrogen) atoms. The van der Waals surface area contributed by atoms with Gasteiger partial charge in [-0.25, -0.2) is 4.39 Å². The summed E-state index contributed by atoms with van der Waals surface area (Å²) in [5.74, 6) is 5.59. The first-order valence-electron chi connectivity index (χ1n) is 7.19. The number of methoxy groups -OCH3 is 1. The highest BCUT2D eigenvalue weighted by Gasteiger charge is 2.13. The second kappa shape index (κ2) is 7.41. The molecule has 0 saturated carbocycles. The van der Waals surface area contributed by atoms with E-state index in [4.69, 9.17) is 10.6 Å². The number of hydrogen-bond acceptors (Lipinski definition) is 3. The fourth-order valence-electron chi connectivity index (χ4n) is 2.72. The summed E-state index contributed by atoms with van der Waals surface area (Å²) < 4.78 is 18.6. The van der Waals surface area contributed by atoms with Crippen LogP contribution in [0, 0.1) is 5.82 Å². The molecule has 0 heterocycles. The molecule has 0 aromatic heterocycles. The van der Waals surface area contributed by atoms with Crippen LogP contribution in [0.5, 0.6) is 5.75 Å². The van der Waals surface area contributed by atoms with Crippen molar-refractivity contribution in [3.63, 3.8) is 0 Å². The van der Waals surface area contributed by atoms with Crippen LogP contribution >= 0.6 is 0 Å². The van der Waals surface area contributed by atoms with Crippen molar-refractivity contribution in [3.8, 4) is 5.75 Å². The average Bonchev–Trinajstić information content (AvgIpc) is 2.48. The molecule has 1 atom stereocenters. The number of nitrogens with two attached hydrogens (primary N) is 1. The normalized spacial score (nSPS) is 16.6. The molecular formula is C16H23FN2O. The first-order chi connectivity index (χ1) is 9.72. The second-order valence-electron chi connectivity index (χ2n) is 5.35. The van der Waals surface area contributed by atoms with E-state index < -0.39 is 0 Å². The molecule has 0 spiro atoms. The van der Waals surface area contributed by atoms with Crippen molar-refractivity contribution in [2.75, 3.05) is 7.11 Å². The van der Waals surface area contributed by atoms with Gasteiger partial charge in [-0.05, 0) is 56.2 Å². The maximum atomic E-state index is 13.7. The third-order valence-corrected chi connectivity index (χ3v) is 3.83. The van der Waals surface area contributed by atoms with Gasteiger partial charge in [-0.2, -0.15) is 0 Å². The summed E-state index contributed by atoms with van der Waals surface area (Å²) in [7, 11) is 1.47. The van der Waals surface area contributed by atoms with Crippen molar-refractivity contribution < 1.29 is 9.13 Å². The van der Waals surface area contributed by atoms with Crippen LogP contribution in [-0.2, 0) is 6.42 Å². The zero-order chi connectivity index (χ0) is 14.4. The molecule has 2 rings (SSSR count). The number of halogens is 1. The summed E-state index contributed by atoms with van der Waals surface area (Å²) in [4.78, 5) is 0. The Morgan fingerprint density at radius 1 is 1.35 bits per heavy atom. The Kier molecular flexibility index (Phi) is 5.56. The minimum atomic E-state index is -0.322. The standard InChI is InChI=1S/C16H23FN2O/c1-20-16-8-7-13(11-15(16)17)10-14(19-18)9-12-5-3-2-4-6-12/h5,7-8,11,14,19H,2-4,6,9-10,18H2,1H3. The molecule has 0 amide bonds. The van der Waals surface area contributed by atoms with Gasteiger partial charge in [-0.1, -0.05) is 17.7 Å². The summed E-state index contributed by atoms with van der Waals surface area (Å²) >= 11 is 0. The lowest BCUT2D eigenvalue weighted by atomic mass is 9.92. The molecule has 0 fully saturated rings. The molecule has 0 bridgehead atoms. The molecule has 3 nitrogen and oxygen atoms in total. The van der Waals surface area contributed by atoms with E-state index in [1.54, 1.807) is 6.07 Å². The summed E-state index contributed by atoms with van der Waals surface area (Å²) in [6.07, 6.45) is 8.86. The van der Waals surface area contributed by atoms with Gasteiger partial charge < -0.3 is 4.74 Å². The Labute approximate surface area is 120 Å². The van der Waals surface area contributed by atoms with Crippen molar-refractivity contribution in [3.05, 3.63) is 41.2 Å². The lowest BCUT2D eigenvalue weighted by molar-refractivity contribution is 0.386. The predicted molar refractivity (Wildman–Crippen MR) is 78.9 cm³/mol. The highest BCUT2D eigenvalue weighted by Crippen LogP contribution is 2.23. The fraction of sp³-hybridized carbons (Fsp3) is 0.500. The Hall–Kier alpha value is -1.39. The SMILES string of the molecule is COc1ccc(CC(CC2=CCCCC2)NN)cc1F. The second-order valence-corrected chi connectivity index (χ2v) is 5.35. The minimum Gasteiger partial charge on any atom is -0.494 e. The van der Waals surface area contributed by atoms with Crippen molar-refractivity contribution in [1.29, 1.82) is 0 Å². The molecule has 1 aromatic rings. The van der Waals surface area contributed by atoms with Crippen LogP contribution in [0.25, 0.3) is 0 Å². The first kappa shape index (κ1) is 15.0. The number of hydrogen-bond donors (Lipinski definition) is 2. The molecular weight excluding hydrogens is 255 g/mol. The summed E-state index contributed by atoms with van der Waals surface area (Å²) in [5, 5.41) is 0. The van der Waals surface area contributed by atoms with E-state index >= 15 is 0 Å². The molecule has 3 N–H and O–H groups in total. The fourth-order valence-corrected chi connectivity index (χ4v) is 2.72. The molecule has 4 heteroatoms. The molecule has 0 radical (unpaired) electrons. The Morgan fingerprint density at radius 3 is 2.80 bits per heavy atom. The van der Waals surface area contributed by atoms with Gasteiger partial charge in [0.05, 0.1) is 7.11 Å². The van der Waals surface area contributed by atoms with Gasteiger partial charge in [0.25, 0.3) is 0 Å². The van der Waals surface area contributed by atoms with Crippen molar-refractivity contribution in [2.24, 2.45) is 5.84 Å². The van der Waals surface area contributed by atoms with Crippen molar-refractivity contribution in [2.45, 2.75) is 44.6 Å². The van der Waals surface area contributed by atoms with Gasteiger partial charge in [0, 0.05) is 6.04 Å². The predicted octanol–water partition coefficient (Wildman–Crippen LogP) is 3.10. The summed E-state index contributed by atoms with van der Waals surface area (Å²) in [5.41, 5.74) is 5.25. The van der Waals surface area contributed by atoms with Gasteiger partial charge in [0.15, 0.2) is 11.6 Å². The van der Waals surface area contributed by atoms with E-state index in [-0.39, 0.29) is 17.6 Å². The van der Waals surface area contributed by atoms with Crippen molar-refractivity contribution >= 4 is 0 Å². The topological polar surface area (TPSA) is 47.3 Å². The van der Waals surface area contributed by atoms with Crippen LogP contribution in [0.1, 0.15) is 37.7 Å². The maximum Gasteiger partial charge on any atom is 0.165 e. The molecule has 0 aliphatic heterocycles. The number of allylic oxidation sites excluding steroid dienone is 1. The van der Waals surface area contributed by atoms with E-state index in [9.17, 15) is 4.39 Å². The Morgan fingerprint density at radius 2 is 2.20 bits per heavy atom. The van der Waals surface area contributed by atoms with Crippen LogP contribution in [0.3, 0.4) is 0 Å². The molecule has 1 unspecified atom stereocenters. The van der Waals surface area contributed by atoms with E-state index in [1.165, 1.54) is 38.0 Å². The zero-order valence-corrected chi connectivity index (χ0v) is 12.0. The summed E-state index contributed by atoms with van der Waals surface area (Å²) in [6, 6.07) is 5.23. The molecule has 0 saturated heterocycles. The highest BCUT2D eigenvalue weighted by atomic mass is 19.1. The number of hydrazine groups is 1. The van der Waals surface area contributed by atoms with E-state index in [0.29, 0.717) is 0 Å². The number of ether oxygens (including phenoxy) is 1. The lowest BCUT2D eigenvalue weighted by Gasteiger charge is -2.20. The van der Waals surface area contributed by atoms with Crippen LogP contribution in [-0.4, -0.2) is 13.2 Å². The highest BCUT2D eigenvalue weighted by molar-refractivity contribution is 5.30. The monoisotopic (exact) mass is 278 g/mol. The van der Waals surface area contributed by atoms with Crippen LogP contribution in [0.4, 0.5) is 4.39 Å². The van der Waals surface area contributed by atoms with Gasteiger partial charge in [0.1, 0.15) is 0 Å². The number of nitrogens with one attached hydrogen (secondary N) is 1. The zero-order valence-electron chi connectivity index (χ0n) is 12.0. The van der Waals surface area contributed by atoms with E-state index in [0.717, 1.165) is 24.8 Å². The molecule has 110 valence electrons. The molecule has 1 aliphatic carbocycles. The largest absolute Gasteiger partial charge is 0.494 e. The smallest absolute Gasteiger partial charge is 0.165 e. The van der Waals surface area contributed by atoms with Crippen LogP contribution in [0.15, 0.2) is 29.8 Å². The lowest BCUT2D eigenvalue weighted by Crippen LogP contribution is -2.37. The van der Waals surface area contributed by atoms with Crippen LogP contribution < -0.4 is 16.0 Å². The van der Waals surface area contributed by atoms with Gasteiger partial charge in [-0.15, -0.1) is 0 Å². The summed E-state index contributed by atoms with van der Waals surface area (Å²) in [6.45, 7) is 0. The third kappa shape index (κ3) is 4.05. The first-order valence-corrected chi connectivity index (χ1v) is 7.19. The molecule has 1 aromatic carbocycles. The number of rotatable bonds is 6. The minimum absolute atomic E-state index is 0.146. The number of benzene rings is 1. The van der Waals surface area contributed by atoms with Crippen molar-refractivity contribution in [1.82, 2.24) is 5.43 Å². The van der Waals surface area contributed by atoms with E-state index in [2.05, 4.69) is 11.5 Å². The van der Waals surface area contributed by atoms with Crippen LogP contribution in [0.2, 0.25) is 0 Å². The van der Waals surface area contributed by atoms with Gasteiger partial charge in [-0.3, -0.25) is 11.3 Å². The van der Waals surface area contributed by atoms with Gasteiger partial charge >= 0.3 is 0 Å². The Bertz CT molecular complexity index is 474. The maximum absolute atomic E-state index is 13.7. The third-order valence-electron chi connectivity index (χ3n) is 3.83. The molecule has 1 aliphatic rings. The average molecular weight is 278 g/mol. The quantitative estimate of drug-likeness (QED) is 0.477. The van der Waals surface area contributed by atoms with E-state index in [1.807, 2.05) is 6.07 Å². The Balaban J connectivity index is 1.98.